The van der Waals surface area contributed by atoms with E-state index in [0.29, 0.717) is 16.9 Å². The first kappa shape index (κ1) is 15.8. The van der Waals surface area contributed by atoms with Crippen molar-refractivity contribution >= 4 is 11.9 Å². The lowest BCUT2D eigenvalue weighted by atomic mass is 9.99. The van der Waals surface area contributed by atoms with Gasteiger partial charge in [0.15, 0.2) is 5.76 Å². The molecule has 1 atom stereocenters. The van der Waals surface area contributed by atoms with E-state index in [0.717, 1.165) is 0 Å². The van der Waals surface area contributed by atoms with Crippen molar-refractivity contribution < 1.29 is 23.5 Å². The summed E-state index contributed by atoms with van der Waals surface area (Å²) in [5.41, 5.74) is 1.10. The number of carboxylic acids is 1. The number of aryl methyl sites for hydroxylation is 2. The van der Waals surface area contributed by atoms with Crippen molar-refractivity contribution in [1.29, 1.82) is 0 Å². The third kappa shape index (κ3) is 3.52. The molecule has 0 spiro atoms. The molecule has 6 heteroatoms. The topological polar surface area (TPSA) is 79.5 Å². The number of carbonyl (C=O) groups excluding carboxylic acids is 1. The van der Waals surface area contributed by atoms with Gasteiger partial charge in [-0.1, -0.05) is 12.1 Å². The maximum Gasteiger partial charge on any atom is 0.312 e. The molecule has 1 aromatic heterocycles. The molecule has 0 saturated heterocycles. The minimum absolute atomic E-state index is 0.112. The highest BCUT2D eigenvalue weighted by Crippen LogP contribution is 2.17. The van der Waals surface area contributed by atoms with Crippen LogP contribution in [0.1, 0.15) is 33.4 Å². The molecule has 0 saturated carbocycles. The number of benzene rings is 1. The van der Waals surface area contributed by atoms with Crippen LogP contribution in [0.3, 0.4) is 0 Å². The summed E-state index contributed by atoms with van der Waals surface area (Å²) in [5, 5.41) is 11.8. The number of halogens is 1. The van der Waals surface area contributed by atoms with Crippen LogP contribution in [-0.2, 0) is 4.79 Å². The first-order valence-electron chi connectivity index (χ1n) is 6.72. The first-order valence-corrected chi connectivity index (χ1v) is 6.72. The molecular formula is C16H16FNO4. The second kappa shape index (κ2) is 6.43. The van der Waals surface area contributed by atoms with Gasteiger partial charge in [0.1, 0.15) is 11.6 Å². The van der Waals surface area contributed by atoms with E-state index in [2.05, 4.69) is 5.32 Å². The smallest absolute Gasteiger partial charge is 0.312 e. The van der Waals surface area contributed by atoms with Crippen molar-refractivity contribution in [2.75, 3.05) is 6.54 Å². The van der Waals surface area contributed by atoms with E-state index in [1.165, 1.54) is 24.3 Å². The molecule has 0 aliphatic carbocycles. The van der Waals surface area contributed by atoms with Gasteiger partial charge in [-0.05, 0) is 37.6 Å². The minimum Gasteiger partial charge on any atom is -0.481 e. The van der Waals surface area contributed by atoms with Crippen LogP contribution >= 0.6 is 0 Å². The Morgan fingerprint density at radius 3 is 2.41 bits per heavy atom. The van der Waals surface area contributed by atoms with Crippen molar-refractivity contribution in [2.24, 2.45) is 0 Å². The number of hydrogen-bond acceptors (Lipinski definition) is 3. The summed E-state index contributed by atoms with van der Waals surface area (Å²) in [6, 6.07) is 6.88. The van der Waals surface area contributed by atoms with Gasteiger partial charge in [-0.15, -0.1) is 0 Å². The summed E-state index contributed by atoms with van der Waals surface area (Å²) in [6.45, 7) is 3.35. The number of furan rings is 1. The fraction of sp³-hybridized carbons (Fsp3) is 0.250. The Bertz CT molecular complexity index is 691. The third-order valence-corrected chi connectivity index (χ3v) is 3.28. The van der Waals surface area contributed by atoms with E-state index >= 15 is 0 Å². The van der Waals surface area contributed by atoms with Gasteiger partial charge in [-0.3, -0.25) is 9.59 Å². The lowest BCUT2D eigenvalue weighted by Crippen LogP contribution is -2.31. The molecule has 5 nitrogen and oxygen atoms in total. The molecule has 1 amide bonds. The molecule has 2 rings (SSSR count). The summed E-state index contributed by atoms with van der Waals surface area (Å²) in [7, 11) is 0. The zero-order chi connectivity index (χ0) is 16.3. The highest BCUT2D eigenvalue weighted by molar-refractivity contribution is 5.93. The van der Waals surface area contributed by atoms with Crippen LogP contribution in [0.5, 0.6) is 0 Å². The number of rotatable bonds is 5. The number of hydrogen-bond donors (Lipinski definition) is 2. The summed E-state index contributed by atoms with van der Waals surface area (Å²) in [5.74, 6) is -2.20. The molecule has 2 aromatic rings. The SMILES string of the molecule is Cc1cc(C)c(C(=O)NCC(C(=O)O)c2ccc(F)cc2)o1. The van der Waals surface area contributed by atoms with Crippen LogP contribution in [0.25, 0.3) is 0 Å². The number of nitrogens with one attached hydrogen (secondary N) is 1. The lowest BCUT2D eigenvalue weighted by Gasteiger charge is -2.13. The average Bonchev–Trinajstić information content (AvgIpc) is 2.79. The van der Waals surface area contributed by atoms with Crippen LogP contribution in [0.15, 0.2) is 34.7 Å². The monoisotopic (exact) mass is 305 g/mol. The van der Waals surface area contributed by atoms with E-state index < -0.39 is 23.6 Å². The van der Waals surface area contributed by atoms with Gasteiger partial charge >= 0.3 is 5.97 Å². The standard InChI is InChI=1S/C16H16FNO4/c1-9-7-10(2)22-14(9)15(19)18-8-13(16(20)21)11-3-5-12(17)6-4-11/h3-7,13H,8H2,1-2H3,(H,18,19)(H,20,21). The average molecular weight is 305 g/mol. The van der Waals surface area contributed by atoms with Gasteiger partial charge in [-0.2, -0.15) is 0 Å². The quantitative estimate of drug-likeness (QED) is 0.890. The molecule has 2 N–H and O–H groups in total. The number of aliphatic carboxylic acids is 1. The number of amides is 1. The van der Waals surface area contributed by atoms with Crippen LogP contribution in [0, 0.1) is 19.7 Å². The molecule has 0 aliphatic heterocycles. The molecule has 1 aromatic carbocycles. The molecule has 116 valence electrons. The van der Waals surface area contributed by atoms with Crippen molar-refractivity contribution in [1.82, 2.24) is 5.32 Å². The van der Waals surface area contributed by atoms with Crippen LogP contribution in [0.4, 0.5) is 4.39 Å². The first-order chi connectivity index (χ1) is 10.4. The summed E-state index contributed by atoms with van der Waals surface area (Å²) >= 11 is 0. The maximum atomic E-state index is 12.9. The van der Waals surface area contributed by atoms with E-state index in [9.17, 15) is 19.1 Å². The van der Waals surface area contributed by atoms with E-state index in [-0.39, 0.29) is 12.3 Å². The van der Waals surface area contributed by atoms with Crippen molar-refractivity contribution in [3.05, 3.63) is 58.8 Å². The maximum absolute atomic E-state index is 12.9. The fourth-order valence-electron chi connectivity index (χ4n) is 2.18. The fourth-order valence-corrected chi connectivity index (χ4v) is 2.18. The Morgan fingerprint density at radius 1 is 1.27 bits per heavy atom. The Labute approximate surface area is 126 Å². The van der Waals surface area contributed by atoms with Gasteiger partial charge in [0, 0.05) is 12.1 Å². The van der Waals surface area contributed by atoms with E-state index in [1.54, 1.807) is 19.9 Å². The van der Waals surface area contributed by atoms with Crippen LogP contribution < -0.4 is 5.32 Å². The van der Waals surface area contributed by atoms with Gasteiger partial charge in [0.2, 0.25) is 0 Å². The van der Waals surface area contributed by atoms with Gasteiger partial charge in [0.05, 0.1) is 5.92 Å². The van der Waals surface area contributed by atoms with Gasteiger partial charge < -0.3 is 14.8 Å². The van der Waals surface area contributed by atoms with Gasteiger partial charge in [-0.25, -0.2) is 4.39 Å². The van der Waals surface area contributed by atoms with E-state index in [1.807, 2.05) is 0 Å². The predicted octanol–water partition coefficient (Wildman–Crippen LogP) is 2.63. The lowest BCUT2D eigenvalue weighted by molar-refractivity contribution is -0.138. The summed E-state index contributed by atoms with van der Waals surface area (Å²) < 4.78 is 18.2. The molecule has 22 heavy (non-hydrogen) atoms. The largest absolute Gasteiger partial charge is 0.481 e. The minimum atomic E-state index is -1.10. The molecule has 0 radical (unpaired) electrons. The van der Waals surface area contributed by atoms with Crippen molar-refractivity contribution in [3.63, 3.8) is 0 Å². The third-order valence-electron chi connectivity index (χ3n) is 3.28. The number of carboxylic acid groups (broad SMARTS) is 1. The Balaban J connectivity index is 2.09. The molecule has 1 unspecified atom stereocenters. The Kier molecular flexibility index (Phi) is 4.60. The van der Waals surface area contributed by atoms with Crippen LogP contribution in [0.2, 0.25) is 0 Å². The summed E-state index contributed by atoms with van der Waals surface area (Å²) in [6.07, 6.45) is 0. The molecule has 0 bridgehead atoms. The Morgan fingerprint density at radius 2 is 1.91 bits per heavy atom. The van der Waals surface area contributed by atoms with Crippen LogP contribution in [-0.4, -0.2) is 23.5 Å². The van der Waals surface area contributed by atoms with Crippen molar-refractivity contribution in [2.45, 2.75) is 19.8 Å². The highest BCUT2D eigenvalue weighted by Gasteiger charge is 2.22. The predicted molar refractivity (Wildman–Crippen MR) is 77.3 cm³/mol. The number of carbonyl (C=O) groups is 2. The molecule has 0 fully saturated rings. The Hall–Kier alpha value is -2.63. The van der Waals surface area contributed by atoms with E-state index in [4.69, 9.17) is 4.42 Å². The zero-order valence-corrected chi connectivity index (χ0v) is 12.2. The summed E-state index contributed by atoms with van der Waals surface area (Å²) in [4.78, 5) is 23.4. The zero-order valence-electron chi connectivity index (χ0n) is 12.2. The normalized spacial score (nSPS) is 12.0. The molecule has 0 aliphatic rings. The highest BCUT2D eigenvalue weighted by atomic mass is 19.1. The molecule has 1 heterocycles. The van der Waals surface area contributed by atoms with Crippen molar-refractivity contribution in [3.8, 4) is 0 Å². The molecular weight excluding hydrogens is 289 g/mol. The second-order valence-electron chi connectivity index (χ2n) is 5.02. The second-order valence-corrected chi connectivity index (χ2v) is 5.02. The van der Waals surface area contributed by atoms with Gasteiger partial charge in [0.25, 0.3) is 5.91 Å².